The molecule has 9 heteroatoms. The van der Waals surface area contributed by atoms with E-state index in [4.69, 9.17) is 25.4 Å². The van der Waals surface area contributed by atoms with Crippen LogP contribution >= 0.6 is 19.2 Å². The van der Waals surface area contributed by atoms with Crippen molar-refractivity contribution in [1.82, 2.24) is 0 Å². The van der Waals surface area contributed by atoms with E-state index in [1.54, 1.807) is 13.8 Å². The van der Waals surface area contributed by atoms with Crippen LogP contribution in [0, 0.1) is 5.82 Å². The van der Waals surface area contributed by atoms with Crippen LogP contribution in [0.25, 0.3) is 0 Å². The number of carbonyl (C=O) groups excluding carboxylic acids is 1. The molecule has 0 aromatic heterocycles. The van der Waals surface area contributed by atoms with Gasteiger partial charge in [-0.1, -0.05) is 11.6 Å². The molecule has 3 rings (SSSR count). The SMILES string of the molecule is CCOP(=O)(OCC)C1C2=C(CCCC2)C(=O)N1c1cc(OC)c(Cl)cc1F. The summed E-state index contributed by atoms with van der Waals surface area (Å²) >= 11 is 6.01. The second-order valence-corrected chi connectivity index (χ2v) is 9.07. The van der Waals surface area contributed by atoms with Crippen molar-refractivity contribution in [3.8, 4) is 5.75 Å². The average Bonchev–Trinajstić information content (AvgIpc) is 2.96. The van der Waals surface area contributed by atoms with Crippen molar-refractivity contribution in [1.29, 1.82) is 0 Å². The Morgan fingerprint density at radius 3 is 2.46 bits per heavy atom. The van der Waals surface area contributed by atoms with Crippen LogP contribution in [0.1, 0.15) is 39.5 Å². The molecule has 0 radical (unpaired) electrons. The smallest absolute Gasteiger partial charge is 0.357 e. The predicted molar refractivity (Wildman–Crippen MR) is 106 cm³/mol. The zero-order chi connectivity index (χ0) is 20.5. The molecule has 0 spiro atoms. The van der Waals surface area contributed by atoms with Crippen molar-refractivity contribution < 1.29 is 27.5 Å². The molecular formula is C19H24ClFNO5P. The molecule has 1 aliphatic heterocycles. The number of hydrogen-bond acceptors (Lipinski definition) is 5. The highest BCUT2D eigenvalue weighted by molar-refractivity contribution is 7.55. The van der Waals surface area contributed by atoms with E-state index in [2.05, 4.69) is 0 Å². The van der Waals surface area contributed by atoms with Gasteiger partial charge in [-0.05, 0) is 51.2 Å². The first-order valence-electron chi connectivity index (χ1n) is 9.35. The molecule has 0 N–H and O–H groups in total. The van der Waals surface area contributed by atoms with Gasteiger partial charge in [-0.3, -0.25) is 14.3 Å². The predicted octanol–water partition coefficient (Wildman–Crippen LogP) is 5.30. The van der Waals surface area contributed by atoms with Gasteiger partial charge in [0.1, 0.15) is 11.6 Å². The lowest BCUT2D eigenvalue weighted by Crippen LogP contribution is -2.37. The molecule has 2 aliphatic rings. The molecule has 28 heavy (non-hydrogen) atoms. The van der Waals surface area contributed by atoms with Crippen LogP contribution in [0.2, 0.25) is 5.02 Å². The Labute approximate surface area is 169 Å². The highest BCUT2D eigenvalue weighted by Crippen LogP contribution is 2.61. The zero-order valence-electron chi connectivity index (χ0n) is 16.2. The van der Waals surface area contributed by atoms with E-state index in [0.717, 1.165) is 24.5 Å². The van der Waals surface area contributed by atoms with E-state index in [-0.39, 0.29) is 35.6 Å². The van der Waals surface area contributed by atoms with Gasteiger partial charge in [-0.2, -0.15) is 0 Å². The lowest BCUT2D eigenvalue weighted by atomic mass is 9.94. The van der Waals surface area contributed by atoms with Crippen molar-refractivity contribution in [2.45, 2.75) is 45.3 Å². The standard InChI is InChI=1S/C19H24ClFNO5P/c1-4-26-28(24,27-5-2)19-13-9-7-6-8-12(13)18(23)22(19)16-11-17(25-3)14(20)10-15(16)21/h10-11,19H,4-9H2,1-3H3. The van der Waals surface area contributed by atoms with Crippen molar-refractivity contribution in [3.05, 3.63) is 34.1 Å². The molecule has 0 fully saturated rings. The van der Waals surface area contributed by atoms with Gasteiger partial charge in [0.05, 0.1) is 31.0 Å². The molecule has 0 bridgehead atoms. The molecule has 154 valence electrons. The third-order valence-electron chi connectivity index (χ3n) is 4.94. The Kier molecular flexibility index (Phi) is 6.50. The number of rotatable bonds is 7. The first kappa shape index (κ1) is 21.3. The molecular weight excluding hydrogens is 408 g/mol. The summed E-state index contributed by atoms with van der Waals surface area (Å²) in [5.74, 6) is -1.85. The van der Waals surface area contributed by atoms with Crippen LogP contribution in [-0.4, -0.2) is 32.0 Å². The lowest BCUT2D eigenvalue weighted by Gasteiger charge is -2.33. The van der Waals surface area contributed by atoms with Gasteiger partial charge in [0.2, 0.25) is 0 Å². The van der Waals surface area contributed by atoms with Gasteiger partial charge >= 0.3 is 7.60 Å². The fourth-order valence-corrected chi connectivity index (χ4v) is 6.32. The third-order valence-corrected chi connectivity index (χ3v) is 7.62. The highest BCUT2D eigenvalue weighted by atomic mass is 35.5. The van der Waals surface area contributed by atoms with Crippen LogP contribution < -0.4 is 9.64 Å². The van der Waals surface area contributed by atoms with Crippen LogP contribution in [0.4, 0.5) is 10.1 Å². The first-order valence-corrected chi connectivity index (χ1v) is 11.3. The zero-order valence-corrected chi connectivity index (χ0v) is 17.8. The van der Waals surface area contributed by atoms with E-state index in [0.29, 0.717) is 18.4 Å². The third kappa shape index (κ3) is 3.61. The highest BCUT2D eigenvalue weighted by Gasteiger charge is 2.52. The Hall–Kier alpha value is -1.40. The summed E-state index contributed by atoms with van der Waals surface area (Å²) in [5, 5.41) is 0.0856. The van der Waals surface area contributed by atoms with Gasteiger partial charge in [-0.15, -0.1) is 0 Å². The van der Waals surface area contributed by atoms with Crippen molar-refractivity contribution in [2.75, 3.05) is 25.2 Å². The maximum atomic E-state index is 14.9. The summed E-state index contributed by atoms with van der Waals surface area (Å²) in [7, 11) is -2.36. The number of halogens is 2. The van der Waals surface area contributed by atoms with Gasteiger partial charge in [0.15, 0.2) is 5.78 Å². The molecule has 1 heterocycles. The average molecular weight is 432 g/mol. The minimum Gasteiger partial charge on any atom is -0.495 e. The summed E-state index contributed by atoms with van der Waals surface area (Å²) < 4.78 is 44.8. The summed E-state index contributed by atoms with van der Waals surface area (Å²) in [6.07, 6.45) is 2.87. The van der Waals surface area contributed by atoms with Crippen molar-refractivity contribution >= 4 is 30.8 Å². The Morgan fingerprint density at radius 2 is 1.86 bits per heavy atom. The van der Waals surface area contributed by atoms with Crippen LogP contribution in [0.3, 0.4) is 0 Å². The molecule has 1 aliphatic carbocycles. The second kappa shape index (κ2) is 8.54. The van der Waals surface area contributed by atoms with E-state index in [9.17, 15) is 13.8 Å². The fourth-order valence-electron chi connectivity index (χ4n) is 3.84. The maximum Gasteiger partial charge on any atom is 0.357 e. The first-order chi connectivity index (χ1) is 13.4. The number of amides is 1. The summed E-state index contributed by atoms with van der Waals surface area (Å²) in [6, 6.07) is 2.44. The molecule has 1 atom stereocenters. The van der Waals surface area contributed by atoms with Crippen molar-refractivity contribution in [2.24, 2.45) is 0 Å². The van der Waals surface area contributed by atoms with Gasteiger partial charge < -0.3 is 13.8 Å². The van der Waals surface area contributed by atoms with Gasteiger partial charge in [0, 0.05) is 11.6 Å². The van der Waals surface area contributed by atoms with E-state index < -0.39 is 19.2 Å². The van der Waals surface area contributed by atoms with Gasteiger partial charge in [0.25, 0.3) is 5.91 Å². The molecule has 1 amide bonds. The minimum atomic E-state index is -3.76. The van der Waals surface area contributed by atoms with Crippen molar-refractivity contribution in [3.63, 3.8) is 0 Å². The second-order valence-electron chi connectivity index (χ2n) is 6.57. The quantitative estimate of drug-likeness (QED) is 0.548. The summed E-state index contributed by atoms with van der Waals surface area (Å²) in [5.41, 5.74) is 1.24. The number of methoxy groups -OCH3 is 1. The minimum absolute atomic E-state index is 0.0507. The molecule has 1 unspecified atom stereocenters. The number of carbonyl (C=O) groups is 1. The largest absolute Gasteiger partial charge is 0.495 e. The Balaban J connectivity index is 2.19. The number of nitrogens with zero attached hydrogens (tertiary/aromatic N) is 1. The summed E-state index contributed by atoms with van der Waals surface area (Å²) in [4.78, 5) is 14.4. The van der Waals surface area contributed by atoms with E-state index >= 15 is 0 Å². The topological polar surface area (TPSA) is 65.1 Å². The fraction of sp³-hybridized carbons (Fsp3) is 0.526. The van der Waals surface area contributed by atoms with Gasteiger partial charge in [-0.25, -0.2) is 4.39 Å². The van der Waals surface area contributed by atoms with Crippen LogP contribution in [0.15, 0.2) is 23.3 Å². The number of ether oxygens (including phenoxy) is 1. The molecule has 1 aromatic rings. The van der Waals surface area contributed by atoms with E-state index in [1.165, 1.54) is 18.1 Å². The normalized spacial score (nSPS) is 20.0. The molecule has 6 nitrogen and oxygen atoms in total. The number of benzene rings is 1. The number of hydrogen-bond donors (Lipinski definition) is 0. The monoisotopic (exact) mass is 431 g/mol. The van der Waals surface area contributed by atoms with Crippen LogP contribution in [-0.2, 0) is 18.4 Å². The molecule has 0 saturated heterocycles. The van der Waals surface area contributed by atoms with E-state index in [1.807, 2.05) is 0 Å². The molecule has 0 saturated carbocycles. The summed E-state index contributed by atoms with van der Waals surface area (Å²) in [6.45, 7) is 3.69. The lowest BCUT2D eigenvalue weighted by molar-refractivity contribution is -0.114. The van der Waals surface area contributed by atoms with Crippen LogP contribution in [0.5, 0.6) is 5.75 Å². The molecule has 1 aromatic carbocycles. The Bertz CT molecular complexity index is 849. The number of anilines is 1. The maximum absolute atomic E-state index is 14.9. The Morgan fingerprint density at radius 1 is 1.21 bits per heavy atom.